The van der Waals surface area contributed by atoms with Gasteiger partial charge in [0.25, 0.3) is 5.91 Å². The van der Waals surface area contributed by atoms with E-state index in [1.807, 2.05) is 16.7 Å². The van der Waals surface area contributed by atoms with Crippen LogP contribution in [0.1, 0.15) is 40.0 Å². The SMILES string of the molecule is CC(C)CCOC(C)C(=O)N1CCCC(N2CCNCC2=O)C1.Cl. The molecule has 6 nitrogen and oxygen atoms in total. The summed E-state index contributed by atoms with van der Waals surface area (Å²) in [7, 11) is 0. The number of amides is 2. The van der Waals surface area contributed by atoms with Gasteiger partial charge in [-0.05, 0) is 32.1 Å². The molecule has 2 amide bonds. The highest BCUT2D eigenvalue weighted by Gasteiger charge is 2.33. The van der Waals surface area contributed by atoms with Crippen molar-refractivity contribution in [3.63, 3.8) is 0 Å². The fourth-order valence-corrected chi connectivity index (χ4v) is 3.23. The molecule has 0 aromatic rings. The minimum Gasteiger partial charge on any atom is -0.369 e. The van der Waals surface area contributed by atoms with Gasteiger partial charge in [-0.2, -0.15) is 0 Å². The van der Waals surface area contributed by atoms with E-state index in [1.165, 1.54) is 0 Å². The van der Waals surface area contributed by atoms with Gasteiger partial charge in [0.2, 0.25) is 5.91 Å². The summed E-state index contributed by atoms with van der Waals surface area (Å²) >= 11 is 0. The van der Waals surface area contributed by atoms with Crippen molar-refractivity contribution in [3.05, 3.63) is 0 Å². The Morgan fingerprint density at radius 3 is 2.75 bits per heavy atom. The van der Waals surface area contributed by atoms with Gasteiger partial charge >= 0.3 is 0 Å². The second kappa shape index (κ2) is 10.2. The first kappa shape index (κ1) is 21.2. The molecule has 0 saturated carbocycles. The first-order valence-corrected chi connectivity index (χ1v) is 8.89. The van der Waals surface area contributed by atoms with E-state index in [4.69, 9.17) is 4.74 Å². The number of nitrogens with zero attached hydrogens (tertiary/aromatic N) is 2. The predicted molar refractivity (Wildman–Crippen MR) is 96.3 cm³/mol. The molecule has 24 heavy (non-hydrogen) atoms. The molecule has 7 heteroatoms. The first-order chi connectivity index (χ1) is 11.0. The largest absolute Gasteiger partial charge is 0.369 e. The van der Waals surface area contributed by atoms with E-state index in [0.717, 1.165) is 38.9 Å². The second-order valence-corrected chi connectivity index (χ2v) is 7.04. The summed E-state index contributed by atoms with van der Waals surface area (Å²) in [6.45, 7) is 10.2. The Labute approximate surface area is 151 Å². The summed E-state index contributed by atoms with van der Waals surface area (Å²) in [4.78, 5) is 28.4. The van der Waals surface area contributed by atoms with Gasteiger partial charge in [-0.1, -0.05) is 13.8 Å². The maximum Gasteiger partial charge on any atom is 0.251 e. The number of halogens is 1. The van der Waals surface area contributed by atoms with Crippen LogP contribution in [0, 0.1) is 5.92 Å². The Hall–Kier alpha value is -0.850. The van der Waals surface area contributed by atoms with Crippen molar-refractivity contribution < 1.29 is 14.3 Å². The fourth-order valence-electron chi connectivity index (χ4n) is 3.23. The minimum atomic E-state index is -0.397. The van der Waals surface area contributed by atoms with Crippen molar-refractivity contribution in [3.8, 4) is 0 Å². The lowest BCUT2D eigenvalue weighted by molar-refractivity contribution is -0.147. The van der Waals surface area contributed by atoms with Crippen LogP contribution in [0.3, 0.4) is 0 Å². The molecular weight excluding hydrogens is 330 g/mol. The van der Waals surface area contributed by atoms with Crippen LogP contribution in [0.15, 0.2) is 0 Å². The van der Waals surface area contributed by atoms with Gasteiger partial charge in [0, 0.05) is 38.8 Å². The Kier molecular flexibility index (Phi) is 9.02. The smallest absolute Gasteiger partial charge is 0.251 e. The third kappa shape index (κ3) is 5.90. The molecule has 2 aliphatic rings. The number of likely N-dealkylation sites (tertiary alicyclic amines) is 1. The fraction of sp³-hybridized carbons (Fsp3) is 0.882. The van der Waals surface area contributed by atoms with Crippen molar-refractivity contribution in [2.24, 2.45) is 5.92 Å². The van der Waals surface area contributed by atoms with Crippen LogP contribution in [0.4, 0.5) is 0 Å². The molecular formula is C17H32ClN3O3. The quantitative estimate of drug-likeness (QED) is 0.774. The lowest BCUT2D eigenvalue weighted by atomic mass is 10.0. The normalized spacial score (nSPS) is 23.2. The summed E-state index contributed by atoms with van der Waals surface area (Å²) in [6.07, 6.45) is 2.51. The maximum atomic E-state index is 12.6. The lowest BCUT2D eigenvalue weighted by Crippen LogP contribution is -2.58. The van der Waals surface area contributed by atoms with E-state index >= 15 is 0 Å². The number of ether oxygens (including phenoxy) is 1. The summed E-state index contributed by atoms with van der Waals surface area (Å²) in [6, 6.07) is 0.158. The van der Waals surface area contributed by atoms with E-state index in [0.29, 0.717) is 25.6 Å². The highest BCUT2D eigenvalue weighted by Crippen LogP contribution is 2.18. The summed E-state index contributed by atoms with van der Waals surface area (Å²) in [5, 5.41) is 3.10. The highest BCUT2D eigenvalue weighted by molar-refractivity contribution is 5.85. The topological polar surface area (TPSA) is 61.9 Å². The standard InChI is InChI=1S/C17H31N3O3.ClH/c1-13(2)6-10-23-14(3)17(22)19-8-4-5-15(12-19)20-9-7-18-11-16(20)21;/h13-15,18H,4-12H2,1-3H3;1H. The number of piperazine rings is 1. The predicted octanol–water partition coefficient (Wildman–Crippen LogP) is 1.28. The van der Waals surface area contributed by atoms with Crippen LogP contribution in [0.2, 0.25) is 0 Å². The number of piperidine rings is 1. The second-order valence-electron chi connectivity index (χ2n) is 7.04. The van der Waals surface area contributed by atoms with Gasteiger partial charge in [0.05, 0.1) is 6.54 Å². The zero-order valence-electron chi connectivity index (χ0n) is 15.1. The lowest BCUT2D eigenvalue weighted by Gasteiger charge is -2.41. The van der Waals surface area contributed by atoms with Crippen molar-refractivity contribution in [1.29, 1.82) is 0 Å². The summed E-state index contributed by atoms with van der Waals surface area (Å²) in [5.74, 6) is 0.785. The molecule has 0 aromatic heterocycles. The van der Waals surface area contributed by atoms with Crippen molar-refractivity contribution in [1.82, 2.24) is 15.1 Å². The number of hydrogen-bond acceptors (Lipinski definition) is 4. The molecule has 2 atom stereocenters. The van der Waals surface area contributed by atoms with Crippen LogP contribution >= 0.6 is 12.4 Å². The van der Waals surface area contributed by atoms with Crippen LogP contribution in [0.5, 0.6) is 0 Å². The average molecular weight is 362 g/mol. The summed E-state index contributed by atoms with van der Waals surface area (Å²) in [5.41, 5.74) is 0. The molecule has 2 unspecified atom stereocenters. The zero-order chi connectivity index (χ0) is 16.8. The number of nitrogens with one attached hydrogen (secondary N) is 1. The number of carbonyl (C=O) groups is 2. The van der Waals surface area contributed by atoms with Crippen LogP contribution in [-0.2, 0) is 14.3 Å². The highest BCUT2D eigenvalue weighted by atomic mass is 35.5. The molecule has 0 aromatic carbocycles. The van der Waals surface area contributed by atoms with Gasteiger partial charge in [0.1, 0.15) is 6.10 Å². The Balaban J connectivity index is 0.00000288. The Morgan fingerprint density at radius 1 is 1.33 bits per heavy atom. The number of carbonyl (C=O) groups excluding carboxylic acids is 2. The molecule has 2 saturated heterocycles. The van der Waals surface area contributed by atoms with Crippen molar-refractivity contribution >= 4 is 24.2 Å². The summed E-state index contributed by atoms with van der Waals surface area (Å²) < 4.78 is 5.69. The first-order valence-electron chi connectivity index (χ1n) is 8.89. The number of rotatable bonds is 6. The van der Waals surface area contributed by atoms with Gasteiger partial charge < -0.3 is 19.9 Å². The van der Waals surface area contributed by atoms with E-state index in [1.54, 1.807) is 0 Å². The molecule has 2 fully saturated rings. The molecule has 2 aliphatic heterocycles. The van der Waals surface area contributed by atoms with Crippen LogP contribution in [0.25, 0.3) is 0 Å². The van der Waals surface area contributed by atoms with E-state index in [9.17, 15) is 9.59 Å². The zero-order valence-corrected chi connectivity index (χ0v) is 15.9. The molecule has 0 aliphatic carbocycles. The van der Waals surface area contributed by atoms with E-state index < -0.39 is 6.10 Å². The van der Waals surface area contributed by atoms with Crippen molar-refractivity contribution in [2.45, 2.75) is 52.2 Å². The number of hydrogen-bond donors (Lipinski definition) is 1. The van der Waals surface area contributed by atoms with Gasteiger partial charge in [-0.15, -0.1) is 12.4 Å². The maximum absolute atomic E-state index is 12.6. The molecule has 2 heterocycles. The van der Waals surface area contributed by atoms with E-state index in [-0.39, 0.29) is 30.3 Å². The molecule has 140 valence electrons. The Bertz CT molecular complexity index is 420. The molecule has 1 N–H and O–H groups in total. The van der Waals surface area contributed by atoms with Gasteiger partial charge in [-0.25, -0.2) is 0 Å². The van der Waals surface area contributed by atoms with Crippen LogP contribution in [-0.4, -0.2) is 73.1 Å². The van der Waals surface area contributed by atoms with E-state index in [2.05, 4.69) is 19.2 Å². The molecule has 0 bridgehead atoms. The Morgan fingerprint density at radius 2 is 2.08 bits per heavy atom. The monoisotopic (exact) mass is 361 g/mol. The van der Waals surface area contributed by atoms with Crippen LogP contribution < -0.4 is 5.32 Å². The van der Waals surface area contributed by atoms with Gasteiger partial charge in [0.15, 0.2) is 0 Å². The third-order valence-corrected chi connectivity index (χ3v) is 4.69. The molecule has 0 spiro atoms. The third-order valence-electron chi connectivity index (χ3n) is 4.69. The average Bonchev–Trinajstić information content (AvgIpc) is 2.54. The van der Waals surface area contributed by atoms with Crippen molar-refractivity contribution in [2.75, 3.05) is 39.3 Å². The molecule has 2 rings (SSSR count). The molecule has 0 radical (unpaired) electrons. The van der Waals surface area contributed by atoms with Gasteiger partial charge in [-0.3, -0.25) is 9.59 Å². The minimum absolute atomic E-state index is 0.